The van der Waals surface area contributed by atoms with Crippen molar-refractivity contribution < 1.29 is 9.15 Å². The molecule has 2 rings (SSSR count). The van der Waals surface area contributed by atoms with Gasteiger partial charge in [-0.25, -0.2) is 0 Å². The van der Waals surface area contributed by atoms with Crippen molar-refractivity contribution in [2.24, 2.45) is 5.73 Å². The Kier molecular flexibility index (Phi) is 4.51. The number of aryl methyl sites for hydroxylation is 1. The Hall–Kier alpha value is -1.45. The maximum Gasteiger partial charge on any atom is 0.171 e. The van der Waals surface area contributed by atoms with Crippen molar-refractivity contribution in [3.63, 3.8) is 0 Å². The Labute approximate surface area is 118 Å². The standard InChI is InChI=1S/C15H18ClNO2/c1-3-12(17)15(13-5-4-8-18-13)19-14-9-10(2)6-7-11(14)16/h4-9,12,15H,3,17H2,1-2H3. The number of benzene rings is 1. The third-order valence-electron chi connectivity index (χ3n) is 3.02. The SMILES string of the molecule is CCC(N)C(Oc1cc(C)ccc1Cl)c1ccco1. The van der Waals surface area contributed by atoms with E-state index in [0.29, 0.717) is 16.5 Å². The van der Waals surface area contributed by atoms with Crippen LogP contribution >= 0.6 is 11.6 Å². The molecule has 0 aliphatic heterocycles. The summed E-state index contributed by atoms with van der Waals surface area (Å²) in [5.74, 6) is 1.35. The zero-order valence-electron chi connectivity index (χ0n) is 11.1. The van der Waals surface area contributed by atoms with Gasteiger partial charge in [-0.2, -0.15) is 0 Å². The van der Waals surface area contributed by atoms with E-state index in [4.69, 9.17) is 26.5 Å². The molecule has 0 aliphatic carbocycles. The van der Waals surface area contributed by atoms with Crippen LogP contribution in [0.3, 0.4) is 0 Å². The number of furan rings is 1. The summed E-state index contributed by atoms with van der Waals surface area (Å²) in [5, 5.41) is 0.574. The van der Waals surface area contributed by atoms with Crippen molar-refractivity contribution in [1.82, 2.24) is 0 Å². The lowest BCUT2D eigenvalue weighted by molar-refractivity contribution is 0.145. The lowest BCUT2D eigenvalue weighted by Gasteiger charge is -2.23. The van der Waals surface area contributed by atoms with Gasteiger partial charge in [0.05, 0.1) is 11.3 Å². The lowest BCUT2D eigenvalue weighted by atomic mass is 10.1. The van der Waals surface area contributed by atoms with E-state index >= 15 is 0 Å². The van der Waals surface area contributed by atoms with E-state index in [1.54, 1.807) is 6.26 Å². The molecule has 1 heterocycles. The monoisotopic (exact) mass is 279 g/mol. The van der Waals surface area contributed by atoms with E-state index < -0.39 is 0 Å². The van der Waals surface area contributed by atoms with Gasteiger partial charge in [-0.15, -0.1) is 0 Å². The maximum absolute atomic E-state index is 6.15. The number of hydrogen-bond donors (Lipinski definition) is 1. The molecule has 1 aromatic heterocycles. The fraction of sp³-hybridized carbons (Fsp3) is 0.333. The highest BCUT2D eigenvalue weighted by Crippen LogP contribution is 2.31. The molecule has 3 nitrogen and oxygen atoms in total. The molecule has 0 spiro atoms. The average molecular weight is 280 g/mol. The van der Waals surface area contributed by atoms with Gasteiger partial charge in [0.1, 0.15) is 11.5 Å². The molecule has 0 amide bonds. The van der Waals surface area contributed by atoms with Crippen molar-refractivity contribution >= 4 is 11.6 Å². The topological polar surface area (TPSA) is 48.4 Å². The first-order chi connectivity index (χ1) is 9.11. The quantitative estimate of drug-likeness (QED) is 0.896. The Bertz CT molecular complexity index is 525. The van der Waals surface area contributed by atoms with Crippen LogP contribution in [0.1, 0.15) is 30.8 Å². The summed E-state index contributed by atoms with van der Waals surface area (Å²) < 4.78 is 11.4. The van der Waals surface area contributed by atoms with Crippen LogP contribution in [-0.4, -0.2) is 6.04 Å². The van der Waals surface area contributed by atoms with Gasteiger partial charge in [0.15, 0.2) is 6.10 Å². The second-order valence-corrected chi connectivity index (χ2v) is 4.97. The van der Waals surface area contributed by atoms with Crippen molar-refractivity contribution in [3.05, 3.63) is 52.9 Å². The molecule has 2 atom stereocenters. The van der Waals surface area contributed by atoms with Crippen LogP contribution in [-0.2, 0) is 0 Å². The Morgan fingerprint density at radius 2 is 2.16 bits per heavy atom. The van der Waals surface area contributed by atoms with E-state index in [-0.39, 0.29) is 12.1 Å². The van der Waals surface area contributed by atoms with Crippen molar-refractivity contribution in [3.8, 4) is 5.75 Å². The minimum Gasteiger partial charge on any atom is -0.479 e. The second kappa shape index (κ2) is 6.13. The second-order valence-electron chi connectivity index (χ2n) is 4.56. The van der Waals surface area contributed by atoms with Gasteiger partial charge < -0.3 is 14.9 Å². The molecule has 0 radical (unpaired) electrons. The van der Waals surface area contributed by atoms with Gasteiger partial charge >= 0.3 is 0 Å². The van der Waals surface area contributed by atoms with Crippen molar-refractivity contribution in [1.29, 1.82) is 0 Å². The Morgan fingerprint density at radius 3 is 2.79 bits per heavy atom. The van der Waals surface area contributed by atoms with Crippen LogP contribution in [0.15, 0.2) is 41.0 Å². The molecule has 19 heavy (non-hydrogen) atoms. The molecular formula is C15H18ClNO2. The van der Waals surface area contributed by atoms with Crippen LogP contribution < -0.4 is 10.5 Å². The van der Waals surface area contributed by atoms with Gasteiger partial charge in [0.25, 0.3) is 0 Å². The zero-order chi connectivity index (χ0) is 13.8. The van der Waals surface area contributed by atoms with E-state index in [0.717, 1.165) is 12.0 Å². The summed E-state index contributed by atoms with van der Waals surface area (Å²) >= 11 is 6.15. The minimum absolute atomic E-state index is 0.150. The summed E-state index contributed by atoms with van der Waals surface area (Å²) in [6.45, 7) is 4.01. The Morgan fingerprint density at radius 1 is 1.37 bits per heavy atom. The molecule has 0 bridgehead atoms. The molecule has 0 saturated carbocycles. The molecule has 0 saturated heterocycles. The van der Waals surface area contributed by atoms with Crippen LogP contribution in [0, 0.1) is 6.92 Å². The third kappa shape index (κ3) is 3.31. The van der Waals surface area contributed by atoms with E-state index in [1.807, 2.05) is 44.2 Å². The number of hydrogen-bond acceptors (Lipinski definition) is 3. The molecule has 1 aromatic carbocycles. The predicted molar refractivity (Wildman–Crippen MR) is 76.5 cm³/mol. The van der Waals surface area contributed by atoms with Crippen molar-refractivity contribution in [2.45, 2.75) is 32.4 Å². The van der Waals surface area contributed by atoms with Crippen LogP contribution in [0.2, 0.25) is 5.02 Å². The number of ether oxygens (including phenoxy) is 1. The largest absolute Gasteiger partial charge is 0.479 e. The van der Waals surface area contributed by atoms with Gasteiger partial charge in [0, 0.05) is 6.04 Å². The van der Waals surface area contributed by atoms with Gasteiger partial charge in [-0.05, 0) is 43.2 Å². The third-order valence-corrected chi connectivity index (χ3v) is 3.34. The lowest BCUT2D eigenvalue weighted by Crippen LogP contribution is -2.31. The molecule has 102 valence electrons. The van der Waals surface area contributed by atoms with Crippen molar-refractivity contribution in [2.75, 3.05) is 0 Å². The summed E-state index contributed by atoms with van der Waals surface area (Å²) in [4.78, 5) is 0. The first-order valence-corrected chi connectivity index (χ1v) is 6.71. The summed E-state index contributed by atoms with van der Waals surface area (Å²) in [5.41, 5.74) is 7.20. The average Bonchev–Trinajstić information content (AvgIpc) is 2.92. The fourth-order valence-electron chi connectivity index (χ4n) is 1.86. The van der Waals surface area contributed by atoms with E-state index in [1.165, 1.54) is 0 Å². The molecule has 2 unspecified atom stereocenters. The number of rotatable bonds is 5. The van der Waals surface area contributed by atoms with Crippen LogP contribution in [0.25, 0.3) is 0 Å². The molecule has 0 aliphatic rings. The smallest absolute Gasteiger partial charge is 0.171 e. The Balaban J connectivity index is 2.28. The predicted octanol–water partition coefficient (Wildman–Crippen LogP) is 4.10. The summed E-state index contributed by atoms with van der Waals surface area (Å²) in [7, 11) is 0. The summed E-state index contributed by atoms with van der Waals surface area (Å²) in [6.07, 6.45) is 2.07. The van der Waals surface area contributed by atoms with Crippen LogP contribution in [0.4, 0.5) is 0 Å². The van der Waals surface area contributed by atoms with E-state index in [2.05, 4.69) is 0 Å². The molecule has 0 fully saturated rings. The van der Waals surface area contributed by atoms with Gasteiger partial charge in [-0.3, -0.25) is 0 Å². The minimum atomic E-state index is -0.334. The van der Waals surface area contributed by atoms with E-state index in [9.17, 15) is 0 Å². The first-order valence-electron chi connectivity index (χ1n) is 6.33. The fourth-order valence-corrected chi connectivity index (χ4v) is 2.02. The highest BCUT2D eigenvalue weighted by molar-refractivity contribution is 6.32. The highest BCUT2D eigenvalue weighted by atomic mass is 35.5. The van der Waals surface area contributed by atoms with Gasteiger partial charge in [0.2, 0.25) is 0 Å². The molecular weight excluding hydrogens is 262 g/mol. The van der Waals surface area contributed by atoms with Crippen LogP contribution in [0.5, 0.6) is 5.75 Å². The molecule has 2 N–H and O–H groups in total. The normalized spacial score (nSPS) is 14.1. The highest BCUT2D eigenvalue weighted by Gasteiger charge is 2.24. The molecule has 2 aromatic rings. The first kappa shape index (κ1) is 14.0. The number of halogens is 1. The number of nitrogens with two attached hydrogens (primary N) is 1. The summed E-state index contributed by atoms with van der Waals surface area (Å²) in [6, 6.07) is 9.21. The maximum atomic E-state index is 6.15. The molecule has 4 heteroatoms. The zero-order valence-corrected chi connectivity index (χ0v) is 11.9. The van der Waals surface area contributed by atoms with Gasteiger partial charge in [-0.1, -0.05) is 24.6 Å².